The van der Waals surface area contributed by atoms with Gasteiger partial charge >= 0.3 is 5.63 Å². The molecule has 0 fully saturated rings. The molecular formula is C20H17NO4. The van der Waals surface area contributed by atoms with Crippen LogP contribution in [0, 0.1) is 6.92 Å². The van der Waals surface area contributed by atoms with Crippen molar-refractivity contribution in [1.29, 1.82) is 0 Å². The van der Waals surface area contributed by atoms with Crippen LogP contribution in [0.5, 0.6) is 5.75 Å². The molecule has 4 rings (SSSR count). The molecule has 5 nitrogen and oxygen atoms in total. The van der Waals surface area contributed by atoms with Gasteiger partial charge in [0.05, 0.1) is 1.37 Å². The third-order valence-corrected chi connectivity index (χ3v) is 4.59. The van der Waals surface area contributed by atoms with E-state index in [2.05, 4.69) is 0 Å². The minimum atomic E-state index is -0.825. The largest absolute Gasteiger partial charge is 0.507 e. The Morgan fingerprint density at radius 1 is 1.28 bits per heavy atom. The molecule has 3 aromatic rings. The van der Waals surface area contributed by atoms with Crippen LogP contribution < -0.4 is 10.5 Å². The summed E-state index contributed by atoms with van der Waals surface area (Å²) < 4.78 is 13.0. The fourth-order valence-electron chi connectivity index (χ4n) is 3.40. The van der Waals surface area contributed by atoms with Gasteiger partial charge in [0.1, 0.15) is 11.3 Å². The van der Waals surface area contributed by atoms with Crippen molar-refractivity contribution in [3.63, 3.8) is 0 Å². The van der Waals surface area contributed by atoms with Gasteiger partial charge in [-0.05, 0) is 49.1 Å². The number of benzene rings is 2. The Morgan fingerprint density at radius 2 is 2.08 bits per heavy atom. The maximum absolute atomic E-state index is 13.3. The molecule has 1 amide bonds. The summed E-state index contributed by atoms with van der Waals surface area (Å²) in [5, 5.41) is 10.8. The number of amides is 1. The van der Waals surface area contributed by atoms with Crippen LogP contribution >= 0.6 is 0 Å². The third-order valence-electron chi connectivity index (χ3n) is 4.59. The predicted molar refractivity (Wildman–Crippen MR) is 95.3 cm³/mol. The number of phenols is 1. The third kappa shape index (κ3) is 2.48. The van der Waals surface area contributed by atoms with Crippen LogP contribution in [-0.4, -0.2) is 17.6 Å². The Labute approximate surface area is 145 Å². The van der Waals surface area contributed by atoms with E-state index in [0.717, 1.165) is 24.1 Å². The molecule has 0 saturated heterocycles. The Balaban J connectivity index is 1.94. The van der Waals surface area contributed by atoms with E-state index >= 15 is 0 Å². The van der Waals surface area contributed by atoms with Gasteiger partial charge in [-0.2, -0.15) is 0 Å². The molecule has 2 aromatic carbocycles. The van der Waals surface area contributed by atoms with Crippen molar-refractivity contribution in [1.82, 2.24) is 0 Å². The number of nitrogens with zero attached hydrogens (tertiary/aromatic N) is 1. The minimum Gasteiger partial charge on any atom is -0.507 e. The fraction of sp³-hybridized carbons (Fsp3) is 0.200. The summed E-state index contributed by atoms with van der Waals surface area (Å²) in [5.41, 5.74) is 1.45. The van der Waals surface area contributed by atoms with Crippen LogP contribution in [0.15, 0.2) is 51.7 Å². The molecule has 0 saturated carbocycles. The standard InChI is InChI=1S/C20H17NO4/c1-12-11-17(23)25-19-14(12)8-9-16(22)18(19)20(24)21-10-4-6-13-5-2-3-7-15(13)21/h2-3,5,7-9,11,22H,4,6,10H2,1H3/i11D. The number of rotatable bonds is 1. The first-order valence-corrected chi connectivity index (χ1v) is 8.15. The zero-order chi connectivity index (χ0) is 18.4. The second-order valence-electron chi connectivity index (χ2n) is 6.16. The highest BCUT2D eigenvalue weighted by molar-refractivity contribution is 6.15. The topological polar surface area (TPSA) is 70.8 Å². The smallest absolute Gasteiger partial charge is 0.336 e. The molecule has 2 heterocycles. The molecule has 0 bridgehead atoms. The number of para-hydroxylation sites is 1. The first-order valence-electron chi connectivity index (χ1n) is 8.65. The van der Waals surface area contributed by atoms with Crippen molar-refractivity contribution in [3.05, 3.63) is 69.6 Å². The average Bonchev–Trinajstić information content (AvgIpc) is 2.65. The van der Waals surface area contributed by atoms with Crippen LogP contribution in [-0.2, 0) is 6.42 Å². The summed E-state index contributed by atoms with van der Waals surface area (Å²) in [5.74, 6) is -0.661. The van der Waals surface area contributed by atoms with Crippen LogP contribution in [0.4, 0.5) is 5.69 Å². The van der Waals surface area contributed by atoms with E-state index in [9.17, 15) is 14.7 Å². The number of phenolic OH excluding ortho intramolecular Hbond substituents is 1. The molecule has 0 atom stereocenters. The first kappa shape index (κ1) is 14.3. The van der Waals surface area contributed by atoms with Gasteiger partial charge < -0.3 is 14.4 Å². The van der Waals surface area contributed by atoms with Gasteiger partial charge in [0, 0.05) is 23.7 Å². The molecule has 0 spiro atoms. The van der Waals surface area contributed by atoms with Gasteiger partial charge in [-0.15, -0.1) is 0 Å². The summed E-state index contributed by atoms with van der Waals surface area (Å²) in [6.07, 6.45) is 1.70. The Kier molecular flexibility index (Phi) is 3.30. The molecular weight excluding hydrogens is 318 g/mol. The van der Waals surface area contributed by atoms with E-state index in [1.165, 1.54) is 6.07 Å². The second-order valence-corrected chi connectivity index (χ2v) is 6.16. The van der Waals surface area contributed by atoms with E-state index in [1.54, 1.807) is 17.9 Å². The minimum absolute atomic E-state index is 0.0246. The SMILES string of the molecule is [2H]c1c(C)c2ccc(O)c(C(=O)N3CCCc4ccccc43)c2oc1=O. The van der Waals surface area contributed by atoms with Crippen molar-refractivity contribution < 1.29 is 15.7 Å². The van der Waals surface area contributed by atoms with Crippen molar-refractivity contribution in [2.45, 2.75) is 19.8 Å². The highest BCUT2D eigenvalue weighted by atomic mass is 16.4. The van der Waals surface area contributed by atoms with Crippen molar-refractivity contribution in [2.24, 2.45) is 0 Å². The highest BCUT2D eigenvalue weighted by Crippen LogP contribution is 2.33. The molecule has 1 N–H and O–H groups in total. The number of anilines is 1. The van der Waals surface area contributed by atoms with Crippen LogP contribution in [0.25, 0.3) is 11.0 Å². The molecule has 5 heteroatoms. The zero-order valence-electron chi connectivity index (χ0n) is 14.7. The lowest BCUT2D eigenvalue weighted by Gasteiger charge is -2.29. The number of carbonyl (C=O) groups excluding carboxylic acids is 1. The lowest BCUT2D eigenvalue weighted by Crippen LogP contribution is -2.35. The van der Waals surface area contributed by atoms with E-state index in [4.69, 9.17) is 5.79 Å². The number of hydrogen-bond acceptors (Lipinski definition) is 4. The molecule has 1 aromatic heterocycles. The maximum atomic E-state index is 13.3. The summed E-state index contributed by atoms with van der Waals surface area (Å²) in [6.45, 7) is 2.15. The quantitative estimate of drug-likeness (QED) is 0.692. The van der Waals surface area contributed by atoms with E-state index in [-0.39, 0.29) is 22.9 Å². The van der Waals surface area contributed by atoms with Crippen molar-refractivity contribution >= 4 is 22.6 Å². The Bertz CT molecular complexity index is 1100. The highest BCUT2D eigenvalue weighted by Gasteiger charge is 2.28. The van der Waals surface area contributed by atoms with Gasteiger partial charge in [0.2, 0.25) is 0 Å². The number of hydrogen-bond donors (Lipinski definition) is 1. The monoisotopic (exact) mass is 336 g/mol. The zero-order valence-corrected chi connectivity index (χ0v) is 13.7. The number of fused-ring (bicyclic) bond motifs is 2. The molecule has 0 aliphatic carbocycles. The second kappa shape index (κ2) is 5.77. The molecule has 25 heavy (non-hydrogen) atoms. The first-order chi connectivity index (χ1) is 12.5. The number of aryl methyl sites for hydroxylation is 2. The molecule has 1 aliphatic rings. The lowest BCUT2D eigenvalue weighted by atomic mass is 9.99. The lowest BCUT2D eigenvalue weighted by molar-refractivity contribution is 0.0983. The molecule has 0 radical (unpaired) electrons. The van der Waals surface area contributed by atoms with E-state index < -0.39 is 11.5 Å². The fourth-order valence-corrected chi connectivity index (χ4v) is 3.40. The Morgan fingerprint density at radius 3 is 2.92 bits per heavy atom. The summed E-state index contributed by atoms with van der Waals surface area (Å²) in [6, 6.07) is 10.4. The summed E-state index contributed by atoms with van der Waals surface area (Å²) in [7, 11) is 0. The summed E-state index contributed by atoms with van der Waals surface area (Å²) >= 11 is 0. The molecule has 126 valence electrons. The average molecular weight is 336 g/mol. The molecule has 1 aliphatic heterocycles. The van der Waals surface area contributed by atoms with E-state index in [0.29, 0.717) is 17.5 Å². The van der Waals surface area contributed by atoms with Gasteiger partial charge in [0.25, 0.3) is 5.91 Å². The van der Waals surface area contributed by atoms with Gasteiger partial charge in [-0.25, -0.2) is 4.79 Å². The van der Waals surface area contributed by atoms with Crippen molar-refractivity contribution in [2.75, 3.05) is 11.4 Å². The van der Waals surface area contributed by atoms with E-state index in [1.807, 2.05) is 24.3 Å². The van der Waals surface area contributed by atoms with Gasteiger partial charge in [0.15, 0.2) is 5.58 Å². The Hall–Kier alpha value is -3.08. The van der Waals surface area contributed by atoms with Gasteiger partial charge in [-0.1, -0.05) is 18.2 Å². The number of carbonyl (C=O) groups is 1. The van der Waals surface area contributed by atoms with Gasteiger partial charge in [-0.3, -0.25) is 4.79 Å². The summed E-state index contributed by atoms with van der Waals surface area (Å²) in [4.78, 5) is 26.8. The normalized spacial score (nSPS) is 14.3. The van der Waals surface area contributed by atoms with Crippen LogP contribution in [0.2, 0.25) is 0 Å². The molecule has 0 unspecified atom stereocenters. The van der Waals surface area contributed by atoms with Crippen LogP contribution in [0.1, 0.15) is 29.3 Å². The van der Waals surface area contributed by atoms with Crippen LogP contribution in [0.3, 0.4) is 0 Å². The number of aromatic hydroxyl groups is 1. The van der Waals surface area contributed by atoms with Crippen molar-refractivity contribution in [3.8, 4) is 5.75 Å². The predicted octanol–water partition coefficient (Wildman–Crippen LogP) is 3.40. The maximum Gasteiger partial charge on any atom is 0.336 e.